The molecule has 1 amide bonds. The Bertz CT molecular complexity index is 1850. The van der Waals surface area contributed by atoms with E-state index in [4.69, 9.17) is 13.9 Å². The normalized spacial score (nSPS) is 14.1. The Morgan fingerprint density at radius 3 is 2.26 bits per heavy atom. The number of carbonyl (C=O) groups excluding carboxylic acids is 1. The van der Waals surface area contributed by atoms with Gasteiger partial charge in [-0.3, -0.25) is 9.78 Å². The summed E-state index contributed by atoms with van der Waals surface area (Å²) in [5.41, 5.74) is 3.36. The minimum atomic E-state index is -0.585. The number of pyridine rings is 1. The maximum Gasteiger partial charge on any atom is 0.408 e. The van der Waals surface area contributed by atoms with Crippen molar-refractivity contribution >= 4 is 17.1 Å². The monoisotopic (exact) mass is 574 g/mol. The number of nitrogens with zero attached hydrogens (tertiary/aromatic N) is 1. The van der Waals surface area contributed by atoms with E-state index in [0.29, 0.717) is 33.7 Å². The summed E-state index contributed by atoms with van der Waals surface area (Å²) < 4.78 is 17.8. The van der Waals surface area contributed by atoms with Gasteiger partial charge < -0.3 is 19.2 Å². The number of para-hydroxylation sites is 1. The molecule has 1 fully saturated rings. The third-order valence-corrected chi connectivity index (χ3v) is 7.88. The molecule has 0 saturated heterocycles. The zero-order valence-corrected chi connectivity index (χ0v) is 24.8. The SMILES string of the molecule is COc1ccccc1-c1nccc2c(=O)c(-c3ccc(C4(NC(=O)OC(C)(C)C)CCC4)cc3)c(-c3ccccc3)oc12. The zero-order valence-electron chi connectivity index (χ0n) is 24.8. The molecule has 1 N–H and O–H groups in total. The van der Waals surface area contributed by atoms with E-state index in [9.17, 15) is 9.59 Å². The molecule has 0 radical (unpaired) electrons. The Labute approximate surface area is 250 Å². The van der Waals surface area contributed by atoms with Crippen molar-refractivity contribution in [1.82, 2.24) is 10.3 Å². The number of hydrogen-bond acceptors (Lipinski definition) is 6. The molecule has 3 aromatic carbocycles. The molecule has 0 bridgehead atoms. The molecule has 0 spiro atoms. The van der Waals surface area contributed by atoms with Gasteiger partial charge in [-0.25, -0.2) is 4.79 Å². The Balaban J connectivity index is 1.48. The van der Waals surface area contributed by atoms with Gasteiger partial charge in [-0.15, -0.1) is 0 Å². The van der Waals surface area contributed by atoms with Crippen molar-refractivity contribution in [3.63, 3.8) is 0 Å². The van der Waals surface area contributed by atoms with Crippen LogP contribution in [0.25, 0.3) is 44.7 Å². The number of fused-ring (bicyclic) bond motifs is 1. The van der Waals surface area contributed by atoms with Crippen molar-refractivity contribution in [3.8, 4) is 39.5 Å². The molecule has 1 aliphatic carbocycles. The standard InChI is InChI=1S/C36H34N2O5/c1-35(2,3)43-34(40)38-36(20-10-21-36)25-17-15-23(16-18-25)29-31(39)27-19-22-37-30(26-13-8-9-14-28(26)41-4)33(27)42-32(29)24-11-6-5-7-12-24/h5-9,11-19,22H,10,20-21H2,1-4H3,(H,38,40). The highest BCUT2D eigenvalue weighted by atomic mass is 16.6. The number of hydrogen-bond donors (Lipinski definition) is 1. The zero-order chi connectivity index (χ0) is 30.2. The molecule has 1 saturated carbocycles. The fourth-order valence-corrected chi connectivity index (χ4v) is 5.68. The number of methoxy groups -OCH3 is 1. The fourth-order valence-electron chi connectivity index (χ4n) is 5.68. The van der Waals surface area contributed by atoms with Crippen LogP contribution in [-0.2, 0) is 10.3 Å². The van der Waals surface area contributed by atoms with Crippen LogP contribution in [0.5, 0.6) is 5.75 Å². The minimum Gasteiger partial charge on any atom is -0.496 e. The summed E-state index contributed by atoms with van der Waals surface area (Å²) in [7, 11) is 1.61. The van der Waals surface area contributed by atoms with Crippen LogP contribution in [-0.4, -0.2) is 23.8 Å². The third-order valence-electron chi connectivity index (χ3n) is 7.88. The Morgan fingerprint density at radius 1 is 0.907 bits per heavy atom. The predicted octanol–water partition coefficient (Wildman–Crippen LogP) is 8.10. The summed E-state index contributed by atoms with van der Waals surface area (Å²) in [6, 6.07) is 26.7. The first-order valence-electron chi connectivity index (χ1n) is 14.5. The van der Waals surface area contributed by atoms with E-state index >= 15 is 0 Å². The number of carbonyl (C=O) groups is 1. The van der Waals surface area contributed by atoms with Gasteiger partial charge in [-0.1, -0.05) is 66.7 Å². The van der Waals surface area contributed by atoms with Crippen LogP contribution in [0.2, 0.25) is 0 Å². The molecule has 2 heterocycles. The Kier molecular flexibility index (Phi) is 7.26. The van der Waals surface area contributed by atoms with E-state index in [0.717, 1.165) is 41.5 Å². The molecule has 218 valence electrons. The molecule has 7 nitrogen and oxygen atoms in total. The number of ether oxygens (including phenoxy) is 2. The fraction of sp³-hybridized carbons (Fsp3) is 0.250. The third kappa shape index (κ3) is 5.39. The van der Waals surface area contributed by atoms with Gasteiger partial charge in [-0.05, 0) is 69.4 Å². The van der Waals surface area contributed by atoms with E-state index < -0.39 is 17.2 Å². The number of alkyl carbamates (subject to hydrolysis) is 1. The van der Waals surface area contributed by atoms with E-state index in [1.54, 1.807) is 19.4 Å². The highest BCUT2D eigenvalue weighted by molar-refractivity contribution is 5.96. The number of aromatic nitrogens is 1. The smallest absolute Gasteiger partial charge is 0.408 e. The average molecular weight is 575 g/mol. The second-order valence-corrected chi connectivity index (χ2v) is 11.9. The molecule has 2 aromatic heterocycles. The highest BCUT2D eigenvalue weighted by Gasteiger charge is 2.41. The molecule has 0 unspecified atom stereocenters. The van der Waals surface area contributed by atoms with Crippen LogP contribution < -0.4 is 15.5 Å². The molecular formula is C36H34N2O5. The van der Waals surface area contributed by atoms with Crippen molar-refractivity contribution in [2.75, 3.05) is 7.11 Å². The lowest BCUT2D eigenvalue weighted by Crippen LogP contribution is -2.52. The van der Waals surface area contributed by atoms with Crippen molar-refractivity contribution in [2.24, 2.45) is 0 Å². The lowest BCUT2D eigenvalue weighted by Gasteiger charge is -2.43. The highest BCUT2D eigenvalue weighted by Crippen LogP contribution is 2.43. The summed E-state index contributed by atoms with van der Waals surface area (Å²) in [6.45, 7) is 5.55. The Hall–Kier alpha value is -4.91. The first-order valence-corrected chi connectivity index (χ1v) is 14.5. The lowest BCUT2D eigenvalue weighted by atomic mass is 9.71. The predicted molar refractivity (Wildman–Crippen MR) is 168 cm³/mol. The van der Waals surface area contributed by atoms with Gasteiger partial charge in [0.15, 0.2) is 5.58 Å². The number of benzene rings is 3. The lowest BCUT2D eigenvalue weighted by molar-refractivity contribution is 0.0377. The minimum absolute atomic E-state index is 0.156. The molecular weight excluding hydrogens is 540 g/mol. The van der Waals surface area contributed by atoms with Gasteiger partial charge in [0.25, 0.3) is 0 Å². The van der Waals surface area contributed by atoms with Crippen LogP contribution in [0, 0.1) is 0 Å². The number of rotatable bonds is 6. The van der Waals surface area contributed by atoms with E-state index in [1.165, 1.54) is 0 Å². The van der Waals surface area contributed by atoms with E-state index in [-0.39, 0.29) is 5.43 Å². The van der Waals surface area contributed by atoms with Gasteiger partial charge in [0.2, 0.25) is 5.43 Å². The topological polar surface area (TPSA) is 90.7 Å². The summed E-state index contributed by atoms with van der Waals surface area (Å²) in [6.07, 6.45) is 3.83. The van der Waals surface area contributed by atoms with E-state index in [2.05, 4.69) is 10.3 Å². The van der Waals surface area contributed by atoms with Gasteiger partial charge in [0, 0.05) is 17.3 Å². The molecule has 5 aromatic rings. The molecule has 7 heteroatoms. The van der Waals surface area contributed by atoms with Gasteiger partial charge in [-0.2, -0.15) is 0 Å². The van der Waals surface area contributed by atoms with Crippen LogP contribution >= 0.6 is 0 Å². The van der Waals surface area contributed by atoms with Gasteiger partial charge in [0.05, 0.1) is 23.6 Å². The number of amides is 1. The summed E-state index contributed by atoms with van der Waals surface area (Å²) in [5.74, 6) is 1.09. The number of nitrogens with one attached hydrogen (secondary N) is 1. The van der Waals surface area contributed by atoms with Crippen LogP contribution in [0.3, 0.4) is 0 Å². The molecule has 0 atom stereocenters. The molecule has 43 heavy (non-hydrogen) atoms. The molecule has 6 rings (SSSR count). The average Bonchev–Trinajstić information content (AvgIpc) is 2.98. The first kappa shape index (κ1) is 28.2. The summed E-state index contributed by atoms with van der Waals surface area (Å²) in [4.78, 5) is 31.6. The quantitative estimate of drug-likeness (QED) is 0.220. The van der Waals surface area contributed by atoms with Crippen LogP contribution in [0.4, 0.5) is 4.79 Å². The van der Waals surface area contributed by atoms with Crippen LogP contribution in [0.15, 0.2) is 100 Å². The maximum absolute atomic E-state index is 14.3. The van der Waals surface area contributed by atoms with Crippen LogP contribution in [0.1, 0.15) is 45.6 Å². The second-order valence-electron chi connectivity index (χ2n) is 11.9. The van der Waals surface area contributed by atoms with Gasteiger partial charge in [0.1, 0.15) is 22.8 Å². The molecule has 0 aliphatic heterocycles. The van der Waals surface area contributed by atoms with Gasteiger partial charge >= 0.3 is 6.09 Å². The largest absolute Gasteiger partial charge is 0.496 e. The molecule has 1 aliphatic rings. The Morgan fingerprint density at radius 2 is 1.60 bits per heavy atom. The second kappa shape index (κ2) is 11.1. The van der Waals surface area contributed by atoms with Crippen molar-refractivity contribution < 1.29 is 18.7 Å². The van der Waals surface area contributed by atoms with Crippen molar-refractivity contribution in [1.29, 1.82) is 0 Å². The summed E-state index contributed by atoms with van der Waals surface area (Å²) >= 11 is 0. The van der Waals surface area contributed by atoms with E-state index in [1.807, 2.05) is 99.6 Å². The maximum atomic E-state index is 14.3. The first-order chi connectivity index (χ1) is 20.7. The van der Waals surface area contributed by atoms with Crippen molar-refractivity contribution in [3.05, 3.63) is 107 Å². The summed E-state index contributed by atoms with van der Waals surface area (Å²) in [5, 5.41) is 3.53. The van der Waals surface area contributed by atoms with Crippen molar-refractivity contribution in [2.45, 2.75) is 51.2 Å².